The maximum Gasteiger partial charge on any atom is 0.408 e. The quantitative estimate of drug-likeness (QED) is 0.802. The number of likely N-dealkylation sites (N-methyl/N-ethyl adjacent to an activating group) is 1. The van der Waals surface area contributed by atoms with Crippen LogP contribution in [-0.4, -0.2) is 66.7 Å². The molecular weight excluding hydrogens is 246 g/mol. The number of ether oxygens (including phenoxy) is 1. The smallest absolute Gasteiger partial charge is 0.408 e. The maximum absolute atomic E-state index is 12.1. The Hall–Kier alpha value is -1.30. The third-order valence-electron chi connectivity index (χ3n) is 2.92. The van der Waals surface area contributed by atoms with Crippen molar-refractivity contribution in [1.29, 1.82) is 0 Å². The van der Waals surface area contributed by atoms with Crippen LogP contribution in [0.1, 0.15) is 27.7 Å². The number of nitrogens with zero attached hydrogens (tertiary/aromatic N) is 2. The lowest BCUT2D eigenvalue weighted by atomic mass is 10.2. The van der Waals surface area contributed by atoms with Gasteiger partial charge in [-0.05, 0) is 34.7 Å². The average molecular weight is 271 g/mol. The van der Waals surface area contributed by atoms with E-state index in [0.29, 0.717) is 13.1 Å². The van der Waals surface area contributed by atoms with Gasteiger partial charge in [-0.15, -0.1) is 0 Å². The van der Waals surface area contributed by atoms with Crippen LogP contribution in [0.15, 0.2) is 0 Å². The van der Waals surface area contributed by atoms with Gasteiger partial charge >= 0.3 is 6.09 Å². The molecule has 19 heavy (non-hydrogen) atoms. The van der Waals surface area contributed by atoms with E-state index in [1.165, 1.54) is 0 Å². The Morgan fingerprint density at radius 3 is 2.16 bits per heavy atom. The van der Waals surface area contributed by atoms with E-state index in [2.05, 4.69) is 10.2 Å². The Balaban J connectivity index is 2.42. The van der Waals surface area contributed by atoms with Crippen LogP contribution in [0.2, 0.25) is 0 Å². The molecule has 2 amide bonds. The van der Waals surface area contributed by atoms with Crippen molar-refractivity contribution in [3.8, 4) is 0 Å². The monoisotopic (exact) mass is 271 g/mol. The summed E-state index contributed by atoms with van der Waals surface area (Å²) in [6.45, 7) is 10.2. The maximum atomic E-state index is 12.1. The summed E-state index contributed by atoms with van der Waals surface area (Å²) >= 11 is 0. The summed E-state index contributed by atoms with van der Waals surface area (Å²) in [5.74, 6) is -0.0565. The fraction of sp³-hybridized carbons (Fsp3) is 0.846. The predicted octanol–water partition coefficient (Wildman–Crippen LogP) is 0.674. The van der Waals surface area contributed by atoms with Crippen molar-refractivity contribution in [2.45, 2.75) is 39.3 Å². The molecule has 1 atom stereocenters. The molecule has 0 spiro atoms. The first-order valence-electron chi connectivity index (χ1n) is 6.66. The van der Waals surface area contributed by atoms with Crippen LogP contribution in [0.25, 0.3) is 0 Å². The molecule has 1 N–H and O–H groups in total. The number of amides is 2. The highest BCUT2D eigenvalue weighted by molar-refractivity contribution is 5.85. The van der Waals surface area contributed by atoms with Crippen LogP contribution in [0.5, 0.6) is 0 Å². The van der Waals surface area contributed by atoms with Crippen molar-refractivity contribution in [3.05, 3.63) is 0 Å². The number of carbonyl (C=O) groups excluding carboxylic acids is 2. The third-order valence-corrected chi connectivity index (χ3v) is 2.92. The molecule has 0 bridgehead atoms. The van der Waals surface area contributed by atoms with Crippen molar-refractivity contribution >= 4 is 12.0 Å². The van der Waals surface area contributed by atoms with E-state index in [9.17, 15) is 9.59 Å². The minimum absolute atomic E-state index is 0.0565. The van der Waals surface area contributed by atoms with Gasteiger partial charge in [0.1, 0.15) is 11.6 Å². The topological polar surface area (TPSA) is 61.9 Å². The second-order valence-electron chi connectivity index (χ2n) is 6.00. The number of alkyl carbamates (subject to hydrolysis) is 1. The molecule has 1 heterocycles. The van der Waals surface area contributed by atoms with Gasteiger partial charge in [-0.2, -0.15) is 0 Å². The number of carbonyl (C=O) groups is 2. The number of piperazine rings is 1. The van der Waals surface area contributed by atoms with E-state index in [1.807, 2.05) is 7.05 Å². The summed E-state index contributed by atoms with van der Waals surface area (Å²) < 4.78 is 5.13. The van der Waals surface area contributed by atoms with E-state index >= 15 is 0 Å². The summed E-state index contributed by atoms with van der Waals surface area (Å²) in [4.78, 5) is 27.7. The van der Waals surface area contributed by atoms with Gasteiger partial charge in [-0.1, -0.05) is 0 Å². The third kappa shape index (κ3) is 5.46. The minimum Gasteiger partial charge on any atom is -0.444 e. The van der Waals surface area contributed by atoms with Gasteiger partial charge in [0.2, 0.25) is 5.91 Å². The number of hydrogen-bond acceptors (Lipinski definition) is 4. The summed E-state index contributed by atoms with van der Waals surface area (Å²) in [5, 5.41) is 2.58. The van der Waals surface area contributed by atoms with Crippen LogP contribution in [-0.2, 0) is 9.53 Å². The van der Waals surface area contributed by atoms with Crippen LogP contribution < -0.4 is 5.32 Å². The summed E-state index contributed by atoms with van der Waals surface area (Å²) in [6.07, 6.45) is -0.553. The fourth-order valence-electron chi connectivity index (χ4n) is 1.85. The van der Waals surface area contributed by atoms with E-state index in [0.717, 1.165) is 13.1 Å². The molecule has 0 aliphatic carbocycles. The van der Waals surface area contributed by atoms with Gasteiger partial charge in [0.15, 0.2) is 0 Å². The Labute approximate surface area is 115 Å². The van der Waals surface area contributed by atoms with Crippen molar-refractivity contribution < 1.29 is 14.3 Å². The molecule has 1 aliphatic heterocycles. The lowest BCUT2D eigenvalue weighted by Crippen LogP contribution is -2.53. The van der Waals surface area contributed by atoms with Gasteiger partial charge in [0.25, 0.3) is 0 Å². The Kier molecular flexibility index (Phi) is 5.17. The molecule has 0 aromatic heterocycles. The Bertz CT molecular complexity index is 331. The molecule has 1 saturated heterocycles. The summed E-state index contributed by atoms with van der Waals surface area (Å²) in [7, 11) is 2.03. The molecule has 1 rings (SSSR count). The second kappa shape index (κ2) is 6.23. The van der Waals surface area contributed by atoms with E-state index in [4.69, 9.17) is 4.74 Å². The van der Waals surface area contributed by atoms with Crippen molar-refractivity contribution in [2.24, 2.45) is 0 Å². The molecular formula is C13H25N3O3. The highest BCUT2D eigenvalue weighted by Crippen LogP contribution is 2.07. The highest BCUT2D eigenvalue weighted by Gasteiger charge is 2.26. The molecule has 0 saturated carbocycles. The number of rotatable bonds is 2. The minimum atomic E-state index is -0.557. The van der Waals surface area contributed by atoms with Crippen molar-refractivity contribution in [2.75, 3.05) is 33.2 Å². The molecule has 1 fully saturated rings. The summed E-state index contributed by atoms with van der Waals surface area (Å²) in [6, 6.07) is -0.557. The molecule has 6 heteroatoms. The number of nitrogens with one attached hydrogen (secondary N) is 1. The first kappa shape index (κ1) is 15.8. The summed E-state index contributed by atoms with van der Waals surface area (Å²) in [5.41, 5.74) is -0.555. The average Bonchev–Trinajstić information content (AvgIpc) is 2.26. The van der Waals surface area contributed by atoms with Gasteiger partial charge in [-0.3, -0.25) is 4.79 Å². The van der Waals surface area contributed by atoms with E-state index in [-0.39, 0.29) is 5.91 Å². The lowest BCUT2D eigenvalue weighted by Gasteiger charge is -2.34. The first-order chi connectivity index (χ1) is 8.69. The molecule has 1 aliphatic rings. The Morgan fingerprint density at radius 1 is 1.16 bits per heavy atom. The largest absolute Gasteiger partial charge is 0.444 e. The molecule has 110 valence electrons. The molecule has 6 nitrogen and oxygen atoms in total. The highest BCUT2D eigenvalue weighted by atomic mass is 16.6. The van der Waals surface area contributed by atoms with Crippen LogP contribution >= 0.6 is 0 Å². The van der Waals surface area contributed by atoms with Crippen LogP contribution in [0.3, 0.4) is 0 Å². The number of hydrogen-bond donors (Lipinski definition) is 1. The molecule has 0 aromatic rings. The molecule has 0 aromatic carbocycles. The van der Waals surface area contributed by atoms with Crippen LogP contribution in [0, 0.1) is 0 Å². The molecule has 1 unspecified atom stereocenters. The second-order valence-corrected chi connectivity index (χ2v) is 6.00. The SMILES string of the molecule is CC(NC(=O)OC(C)(C)C)C(=O)N1CCN(C)CC1. The first-order valence-corrected chi connectivity index (χ1v) is 6.66. The van der Waals surface area contributed by atoms with E-state index in [1.54, 1.807) is 32.6 Å². The van der Waals surface area contributed by atoms with E-state index < -0.39 is 17.7 Å². The zero-order valence-corrected chi connectivity index (χ0v) is 12.5. The van der Waals surface area contributed by atoms with Crippen molar-refractivity contribution in [1.82, 2.24) is 15.1 Å². The van der Waals surface area contributed by atoms with Crippen molar-refractivity contribution in [3.63, 3.8) is 0 Å². The lowest BCUT2D eigenvalue weighted by molar-refractivity contribution is -0.134. The van der Waals surface area contributed by atoms with Crippen LogP contribution in [0.4, 0.5) is 4.79 Å². The standard InChI is InChI=1S/C13H25N3O3/c1-10(14-12(18)19-13(2,3)4)11(17)16-8-6-15(5)7-9-16/h10H,6-9H2,1-5H3,(H,14,18). The predicted molar refractivity (Wildman–Crippen MR) is 72.9 cm³/mol. The van der Waals surface area contributed by atoms with Gasteiger partial charge in [-0.25, -0.2) is 4.79 Å². The Morgan fingerprint density at radius 2 is 1.68 bits per heavy atom. The zero-order chi connectivity index (χ0) is 14.6. The zero-order valence-electron chi connectivity index (χ0n) is 12.5. The fourth-order valence-corrected chi connectivity index (χ4v) is 1.85. The molecule has 0 radical (unpaired) electrons. The normalized spacial score (nSPS) is 18.9. The van der Waals surface area contributed by atoms with Gasteiger partial charge in [0.05, 0.1) is 0 Å². The van der Waals surface area contributed by atoms with Gasteiger partial charge < -0.3 is 19.9 Å². The van der Waals surface area contributed by atoms with Gasteiger partial charge in [0, 0.05) is 26.2 Å².